The fraction of sp³-hybridized carbons (Fsp3) is 0.286. The van der Waals surface area contributed by atoms with E-state index in [2.05, 4.69) is 20.7 Å². The van der Waals surface area contributed by atoms with Crippen molar-refractivity contribution in [1.82, 2.24) is 0 Å². The molecule has 0 atom stereocenters. The van der Waals surface area contributed by atoms with E-state index in [1.165, 1.54) is 0 Å². The highest BCUT2D eigenvalue weighted by Gasteiger charge is 2.12. The number of hydrogen-bond acceptors (Lipinski definition) is 3. The molecule has 0 saturated carbocycles. The van der Waals surface area contributed by atoms with Crippen molar-refractivity contribution >= 4 is 42.4 Å². The zero-order valence-electron chi connectivity index (χ0n) is 10.8. The van der Waals surface area contributed by atoms with Crippen LogP contribution in [0.3, 0.4) is 0 Å². The van der Waals surface area contributed by atoms with Gasteiger partial charge in [0.1, 0.15) is 0 Å². The molecule has 2 rings (SSSR count). The molecule has 108 valence electrons. The van der Waals surface area contributed by atoms with Crippen LogP contribution in [0.2, 0.25) is 0 Å². The van der Waals surface area contributed by atoms with Crippen molar-refractivity contribution in [3.8, 4) is 0 Å². The van der Waals surface area contributed by atoms with Gasteiger partial charge in [0, 0.05) is 16.5 Å². The van der Waals surface area contributed by atoms with Gasteiger partial charge in [0.25, 0.3) is 0 Å². The SMILES string of the molecule is O=S(=O)(CCCCO)Nc1ccc(Br)c2ccccc12. The Kier molecular flexibility index (Phi) is 5.01. The monoisotopic (exact) mass is 357 g/mol. The fourth-order valence-electron chi connectivity index (χ4n) is 1.97. The summed E-state index contributed by atoms with van der Waals surface area (Å²) in [6.45, 7) is 0.0106. The van der Waals surface area contributed by atoms with Gasteiger partial charge in [-0.15, -0.1) is 0 Å². The maximum Gasteiger partial charge on any atom is 0.232 e. The second-order valence-corrected chi connectivity index (χ2v) is 7.19. The Hall–Kier alpha value is -1.11. The van der Waals surface area contributed by atoms with Crippen molar-refractivity contribution < 1.29 is 13.5 Å². The van der Waals surface area contributed by atoms with E-state index in [0.29, 0.717) is 18.5 Å². The van der Waals surface area contributed by atoms with E-state index in [1.807, 2.05) is 30.3 Å². The van der Waals surface area contributed by atoms with Crippen LogP contribution in [0.5, 0.6) is 0 Å². The van der Waals surface area contributed by atoms with Crippen LogP contribution in [0.25, 0.3) is 10.8 Å². The molecule has 2 N–H and O–H groups in total. The van der Waals surface area contributed by atoms with E-state index >= 15 is 0 Å². The summed E-state index contributed by atoms with van der Waals surface area (Å²) < 4.78 is 27.5. The third-order valence-corrected chi connectivity index (χ3v) is 5.01. The number of anilines is 1. The van der Waals surface area contributed by atoms with Crippen molar-refractivity contribution in [2.45, 2.75) is 12.8 Å². The number of unbranched alkanes of at least 4 members (excludes halogenated alkanes) is 1. The molecule has 0 spiro atoms. The van der Waals surface area contributed by atoms with Crippen molar-refractivity contribution in [3.63, 3.8) is 0 Å². The largest absolute Gasteiger partial charge is 0.396 e. The van der Waals surface area contributed by atoms with Crippen molar-refractivity contribution in [1.29, 1.82) is 0 Å². The summed E-state index contributed by atoms with van der Waals surface area (Å²) in [5.74, 6) is 0.0119. The van der Waals surface area contributed by atoms with E-state index in [4.69, 9.17) is 5.11 Å². The lowest BCUT2D eigenvalue weighted by Gasteiger charge is -2.11. The van der Waals surface area contributed by atoms with Gasteiger partial charge in [0.2, 0.25) is 10.0 Å². The lowest BCUT2D eigenvalue weighted by atomic mass is 10.1. The standard InChI is InChI=1S/C14H16BrNO3S/c15-13-7-8-14(12-6-2-1-5-11(12)13)16-20(18,19)10-4-3-9-17/h1-2,5-8,16-17H,3-4,9-10H2. The van der Waals surface area contributed by atoms with Gasteiger partial charge in [0.15, 0.2) is 0 Å². The maximum atomic E-state index is 12.0. The van der Waals surface area contributed by atoms with Gasteiger partial charge >= 0.3 is 0 Å². The van der Waals surface area contributed by atoms with Gasteiger partial charge in [-0.2, -0.15) is 0 Å². The molecule has 2 aromatic carbocycles. The first-order valence-electron chi connectivity index (χ1n) is 6.32. The van der Waals surface area contributed by atoms with Gasteiger partial charge in [-0.25, -0.2) is 8.42 Å². The molecule has 0 fully saturated rings. The summed E-state index contributed by atoms with van der Waals surface area (Å²) in [7, 11) is -3.39. The summed E-state index contributed by atoms with van der Waals surface area (Å²) in [5.41, 5.74) is 0.577. The topological polar surface area (TPSA) is 66.4 Å². The number of nitrogens with one attached hydrogen (secondary N) is 1. The van der Waals surface area contributed by atoms with Gasteiger partial charge in [0.05, 0.1) is 11.4 Å². The Balaban J connectivity index is 2.28. The predicted octanol–water partition coefficient (Wildman–Crippen LogP) is 3.12. The summed E-state index contributed by atoms with van der Waals surface area (Å²) in [6.07, 6.45) is 0.933. The van der Waals surface area contributed by atoms with Crippen LogP contribution < -0.4 is 4.72 Å². The third kappa shape index (κ3) is 3.71. The highest BCUT2D eigenvalue weighted by atomic mass is 79.9. The highest BCUT2D eigenvalue weighted by molar-refractivity contribution is 9.10. The number of aliphatic hydroxyl groups is 1. The van der Waals surface area contributed by atoms with Gasteiger partial charge < -0.3 is 5.11 Å². The zero-order chi connectivity index (χ0) is 14.6. The number of rotatable bonds is 6. The lowest BCUT2D eigenvalue weighted by molar-refractivity contribution is 0.287. The van der Waals surface area contributed by atoms with E-state index in [0.717, 1.165) is 15.2 Å². The molecule has 0 heterocycles. The van der Waals surface area contributed by atoms with Crippen LogP contribution in [0.1, 0.15) is 12.8 Å². The molecule has 0 aliphatic rings. The zero-order valence-corrected chi connectivity index (χ0v) is 13.2. The molecule has 2 aromatic rings. The van der Waals surface area contributed by atoms with Crippen LogP contribution in [0.15, 0.2) is 40.9 Å². The molecule has 4 nitrogen and oxygen atoms in total. The van der Waals surface area contributed by atoms with Crippen LogP contribution >= 0.6 is 15.9 Å². The molecule has 0 saturated heterocycles. The molecule has 0 unspecified atom stereocenters. The first-order chi connectivity index (χ1) is 9.53. The Bertz CT molecular complexity index is 701. The predicted molar refractivity (Wildman–Crippen MR) is 85.4 cm³/mol. The summed E-state index contributed by atoms with van der Waals surface area (Å²) in [6, 6.07) is 11.2. The number of benzene rings is 2. The van der Waals surface area contributed by atoms with Crippen LogP contribution in [0, 0.1) is 0 Å². The number of aliphatic hydroxyl groups excluding tert-OH is 1. The number of fused-ring (bicyclic) bond motifs is 1. The molecule has 0 aliphatic carbocycles. The second-order valence-electron chi connectivity index (χ2n) is 4.49. The minimum atomic E-state index is -3.39. The smallest absolute Gasteiger partial charge is 0.232 e. The lowest BCUT2D eigenvalue weighted by Crippen LogP contribution is -2.17. The normalized spacial score (nSPS) is 11.7. The molecule has 0 bridgehead atoms. The van der Waals surface area contributed by atoms with Crippen LogP contribution in [-0.4, -0.2) is 25.9 Å². The van der Waals surface area contributed by atoms with Crippen molar-refractivity contribution in [2.24, 2.45) is 0 Å². The molecule has 0 aliphatic heterocycles. The third-order valence-electron chi connectivity index (χ3n) is 2.96. The first kappa shape index (κ1) is 15.3. The van der Waals surface area contributed by atoms with Gasteiger partial charge in [-0.05, 0) is 30.4 Å². The molecular weight excluding hydrogens is 342 g/mol. The summed E-state index contributed by atoms with van der Waals surface area (Å²) in [4.78, 5) is 0. The van der Waals surface area contributed by atoms with Gasteiger partial charge in [-0.3, -0.25) is 4.72 Å². The minimum Gasteiger partial charge on any atom is -0.396 e. The molecule has 0 aromatic heterocycles. The molecule has 6 heteroatoms. The Morgan fingerprint density at radius 3 is 2.45 bits per heavy atom. The molecule has 20 heavy (non-hydrogen) atoms. The van der Waals surface area contributed by atoms with Crippen LogP contribution in [-0.2, 0) is 10.0 Å². The highest BCUT2D eigenvalue weighted by Crippen LogP contribution is 2.30. The Morgan fingerprint density at radius 1 is 1.05 bits per heavy atom. The molecule has 0 amide bonds. The van der Waals surface area contributed by atoms with E-state index in [1.54, 1.807) is 6.07 Å². The maximum absolute atomic E-state index is 12.0. The summed E-state index contributed by atoms with van der Waals surface area (Å²) in [5, 5.41) is 10.5. The van der Waals surface area contributed by atoms with Crippen LogP contribution in [0.4, 0.5) is 5.69 Å². The molecule has 0 radical (unpaired) electrons. The first-order valence-corrected chi connectivity index (χ1v) is 8.76. The molecular formula is C14H16BrNO3S. The number of halogens is 1. The average Bonchev–Trinajstić information content (AvgIpc) is 2.42. The van der Waals surface area contributed by atoms with Crippen molar-refractivity contribution in [3.05, 3.63) is 40.9 Å². The Morgan fingerprint density at radius 2 is 1.75 bits per heavy atom. The van der Waals surface area contributed by atoms with E-state index < -0.39 is 10.0 Å². The van der Waals surface area contributed by atoms with Crippen molar-refractivity contribution in [2.75, 3.05) is 17.1 Å². The average molecular weight is 358 g/mol. The minimum absolute atomic E-state index is 0.0106. The summed E-state index contributed by atoms with van der Waals surface area (Å²) >= 11 is 3.46. The van der Waals surface area contributed by atoms with E-state index in [9.17, 15) is 8.42 Å². The van der Waals surface area contributed by atoms with E-state index in [-0.39, 0.29) is 12.4 Å². The second kappa shape index (κ2) is 6.56. The number of sulfonamides is 1. The number of hydrogen-bond donors (Lipinski definition) is 2. The van der Waals surface area contributed by atoms with Gasteiger partial charge in [-0.1, -0.05) is 40.2 Å². The Labute approximate surface area is 127 Å². The quantitative estimate of drug-likeness (QED) is 0.780. The fourth-order valence-corrected chi connectivity index (χ4v) is 3.65.